The third-order valence-electron chi connectivity index (χ3n) is 2.63. The number of imide groups is 1. The molecule has 1 saturated heterocycles. The van der Waals surface area contributed by atoms with Gasteiger partial charge in [0.15, 0.2) is 0 Å². The molecular weight excluding hydrogens is 250 g/mol. The Labute approximate surface area is 108 Å². The second-order valence-electron chi connectivity index (χ2n) is 3.94. The molecule has 1 unspecified atom stereocenters. The number of carbonyl (C=O) groups excluding carboxylic acids is 2. The van der Waals surface area contributed by atoms with Crippen LogP contribution in [0, 0.1) is 11.3 Å². The molecule has 2 N–H and O–H groups in total. The van der Waals surface area contributed by atoms with Gasteiger partial charge in [0.2, 0.25) is 0 Å². The monoisotopic (exact) mass is 259 g/mol. The molecule has 19 heavy (non-hydrogen) atoms. The number of hydrogen-bond donors (Lipinski definition) is 2. The van der Waals surface area contributed by atoms with Crippen LogP contribution in [0.25, 0.3) is 0 Å². The lowest BCUT2D eigenvalue weighted by molar-refractivity contribution is -0.139. The summed E-state index contributed by atoms with van der Waals surface area (Å²) >= 11 is 0. The lowest BCUT2D eigenvalue weighted by Gasteiger charge is -2.12. The molecule has 0 spiro atoms. The van der Waals surface area contributed by atoms with E-state index < -0.39 is 30.4 Å². The number of nitriles is 1. The molecule has 1 heterocycles. The molecule has 3 amide bonds. The Morgan fingerprint density at radius 1 is 1.47 bits per heavy atom. The highest BCUT2D eigenvalue weighted by atomic mass is 16.4. The number of carboxylic acids is 1. The number of benzene rings is 1. The minimum atomic E-state index is -1.17. The molecule has 0 aromatic heterocycles. The molecule has 1 aliphatic heterocycles. The van der Waals surface area contributed by atoms with E-state index in [4.69, 9.17) is 10.4 Å². The van der Waals surface area contributed by atoms with E-state index in [9.17, 15) is 14.4 Å². The van der Waals surface area contributed by atoms with Crippen molar-refractivity contribution in [1.82, 2.24) is 5.32 Å². The fraction of sp³-hybridized carbons (Fsp3) is 0.167. The molecule has 0 radical (unpaired) electrons. The average Bonchev–Trinajstić information content (AvgIpc) is 2.64. The van der Waals surface area contributed by atoms with Crippen LogP contribution in [0.2, 0.25) is 0 Å². The maximum Gasteiger partial charge on any atom is 0.329 e. The molecule has 2 rings (SSSR count). The van der Waals surface area contributed by atoms with Gasteiger partial charge in [-0.05, 0) is 18.2 Å². The minimum Gasteiger partial charge on any atom is -0.481 e. The van der Waals surface area contributed by atoms with Crippen LogP contribution in [0.4, 0.5) is 10.5 Å². The summed E-state index contributed by atoms with van der Waals surface area (Å²) in [5.41, 5.74) is 0.550. The number of carbonyl (C=O) groups is 3. The van der Waals surface area contributed by atoms with Gasteiger partial charge < -0.3 is 10.4 Å². The quantitative estimate of drug-likeness (QED) is 0.766. The van der Waals surface area contributed by atoms with Crippen molar-refractivity contribution in [2.24, 2.45) is 0 Å². The fourth-order valence-corrected chi connectivity index (χ4v) is 1.80. The fourth-order valence-electron chi connectivity index (χ4n) is 1.80. The van der Waals surface area contributed by atoms with E-state index in [1.165, 1.54) is 18.2 Å². The molecule has 0 aliphatic carbocycles. The number of nitrogens with zero attached hydrogens (tertiary/aromatic N) is 2. The standard InChI is InChI=1S/C12H9N3O4/c13-6-7-2-1-3-8(4-7)15-11(18)9(5-10(16)17)14-12(15)19/h1-4,9H,5H2,(H,14,19)(H,16,17). The van der Waals surface area contributed by atoms with Gasteiger partial charge in [0, 0.05) is 0 Å². The van der Waals surface area contributed by atoms with Crippen molar-refractivity contribution in [3.8, 4) is 6.07 Å². The molecule has 0 saturated carbocycles. The highest BCUT2D eigenvalue weighted by Gasteiger charge is 2.40. The summed E-state index contributed by atoms with van der Waals surface area (Å²) < 4.78 is 0. The van der Waals surface area contributed by atoms with Crippen molar-refractivity contribution >= 4 is 23.6 Å². The third-order valence-corrected chi connectivity index (χ3v) is 2.63. The predicted molar refractivity (Wildman–Crippen MR) is 63.2 cm³/mol. The molecule has 7 nitrogen and oxygen atoms in total. The molecule has 1 aliphatic rings. The topological polar surface area (TPSA) is 110 Å². The highest BCUT2D eigenvalue weighted by Crippen LogP contribution is 2.21. The smallest absolute Gasteiger partial charge is 0.329 e. The number of nitrogens with one attached hydrogen (secondary N) is 1. The van der Waals surface area contributed by atoms with Crippen LogP contribution < -0.4 is 10.2 Å². The Morgan fingerprint density at radius 3 is 2.84 bits per heavy atom. The van der Waals surface area contributed by atoms with Crippen LogP contribution in [0.1, 0.15) is 12.0 Å². The van der Waals surface area contributed by atoms with E-state index in [0.29, 0.717) is 5.56 Å². The van der Waals surface area contributed by atoms with Gasteiger partial charge in [-0.1, -0.05) is 6.07 Å². The molecular formula is C12H9N3O4. The van der Waals surface area contributed by atoms with Crippen molar-refractivity contribution in [3.05, 3.63) is 29.8 Å². The van der Waals surface area contributed by atoms with Gasteiger partial charge in [0.05, 0.1) is 23.7 Å². The molecule has 7 heteroatoms. The van der Waals surface area contributed by atoms with E-state index in [-0.39, 0.29) is 5.69 Å². The zero-order valence-electron chi connectivity index (χ0n) is 9.66. The number of hydrogen-bond acceptors (Lipinski definition) is 4. The SMILES string of the molecule is N#Cc1cccc(N2C(=O)NC(CC(=O)O)C2=O)c1. The van der Waals surface area contributed by atoms with Crippen LogP contribution >= 0.6 is 0 Å². The number of aliphatic carboxylic acids is 1. The van der Waals surface area contributed by atoms with Crippen molar-refractivity contribution < 1.29 is 19.5 Å². The van der Waals surface area contributed by atoms with Gasteiger partial charge in [-0.15, -0.1) is 0 Å². The van der Waals surface area contributed by atoms with Crippen LogP contribution in [0.5, 0.6) is 0 Å². The summed E-state index contributed by atoms with van der Waals surface area (Å²) in [4.78, 5) is 35.1. The Balaban J connectivity index is 2.30. The van der Waals surface area contributed by atoms with Gasteiger partial charge in [-0.3, -0.25) is 9.59 Å². The summed E-state index contributed by atoms with van der Waals surface area (Å²) in [5.74, 6) is -1.81. The Morgan fingerprint density at radius 2 is 2.21 bits per heavy atom. The largest absolute Gasteiger partial charge is 0.481 e. The van der Waals surface area contributed by atoms with Crippen LogP contribution in [0.15, 0.2) is 24.3 Å². The van der Waals surface area contributed by atoms with Crippen LogP contribution in [-0.4, -0.2) is 29.1 Å². The Kier molecular flexibility index (Phi) is 3.16. The summed E-state index contributed by atoms with van der Waals surface area (Å²) in [6, 6.07) is 6.11. The first-order valence-corrected chi connectivity index (χ1v) is 5.39. The number of urea groups is 1. The van der Waals surface area contributed by atoms with Crippen molar-refractivity contribution in [1.29, 1.82) is 5.26 Å². The normalized spacial score (nSPS) is 18.1. The Hall–Kier alpha value is -2.88. The second kappa shape index (κ2) is 4.78. The molecule has 0 bridgehead atoms. The van der Waals surface area contributed by atoms with Crippen LogP contribution in [-0.2, 0) is 9.59 Å². The van der Waals surface area contributed by atoms with Crippen molar-refractivity contribution in [3.63, 3.8) is 0 Å². The molecule has 1 aromatic carbocycles. The van der Waals surface area contributed by atoms with Gasteiger partial charge in [-0.2, -0.15) is 5.26 Å². The summed E-state index contributed by atoms with van der Waals surface area (Å²) in [6.45, 7) is 0. The minimum absolute atomic E-state index is 0.245. The van der Waals surface area contributed by atoms with E-state index >= 15 is 0 Å². The number of anilines is 1. The van der Waals surface area contributed by atoms with Crippen molar-refractivity contribution in [2.75, 3.05) is 4.90 Å². The zero-order valence-corrected chi connectivity index (χ0v) is 9.66. The van der Waals surface area contributed by atoms with E-state index in [0.717, 1.165) is 4.90 Å². The highest BCUT2D eigenvalue weighted by molar-refractivity contribution is 6.22. The van der Waals surface area contributed by atoms with Gasteiger partial charge >= 0.3 is 12.0 Å². The molecule has 96 valence electrons. The maximum atomic E-state index is 11.9. The Bertz CT molecular complexity index is 605. The second-order valence-corrected chi connectivity index (χ2v) is 3.94. The lowest BCUT2D eigenvalue weighted by Crippen LogP contribution is -2.32. The molecule has 1 atom stereocenters. The number of carboxylic acid groups (broad SMARTS) is 1. The van der Waals surface area contributed by atoms with E-state index in [1.807, 2.05) is 6.07 Å². The van der Waals surface area contributed by atoms with Crippen molar-refractivity contribution in [2.45, 2.75) is 12.5 Å². The third kappa shape index (κ3) is 2.37. The first-order chi connectivity index (χ1) is 9.02. The molecule has 1 fully saturated rings. The number of amides is 3. The summed E-state index contributed by atoms with van der Waals surface area (Å²) in [7, 11) is 0. The van der Waals surface area contributed by atoms with Gasteiger partial charge in [0.25, 0.3) is 5.91 Å². The maximum absolute atomic E-state index is 11.9. The first kappa shape index (κ1) is 12.6. The zero-order chi connectivity index (χ0) is 14.0. The molecule has 1 aromatic rings. The average molecular weight is 259 g/mol. The predicted octanol–water partition coefficient (Wildman–Crippen LogP) is 0.458. The van der Waals surface area contributed by atoms with Gasteiger partial charge in [-0.25, -0.2) is 9.69 Å². The lowest BCUT2D eigenvalue weighted by atomic mass is 10.2. The first-order valence-electron chi connectivity index (χ1n) is 5.39. The summed E-state index contributed by atoms with van der Waals surface area (Å²) in [6.07, 6.45) is -0.473. The summed E-state index contributed by atoms with van der Waals surface area (Å²) in [5, 5.41) is 19.7. The van der Waals surface area contributed by atoms with Gasteiger partial charge in [0.1, 0.15) is 6.04 Å². The van der Waals surface area contributed by atoms with E-state index in [1.54, 1.807) is 6.07 Å². The van der Waals surface area contributed by atoms with Crippen LogP contribution in [0.3, 0.4) is 0 Å². The number of rotatable bonds is 3. The van der Waals surface area contributed by atoms with E-state index in [2.05, 4.69) is 5.32 Å².